The van der Waals surface area contributed by atoms with E-state index in [1.165, 1.54) is 43.5 Å². The van der Waals surface area contributed by atoms with Gasteiger partial charge < -0.3 is 15.4 Å². The lowest BCUT2D eigenvalue weighted by Crippen LogP contribution is -2.37. The van der Waals surface area contributed by atoms with Gasteiger partial charge in [0, 0.05) is 39.9 Å². The zero-order valence-electron chi connectivity index (χ0n) is 17.0. The highest BCUT2D eigenvalue weighted by molar-refractivity contribution is 14.0. The predicted molar refractivity (Wildman–Crippen MR) is 125 cm³/mol. The van der Waals surface area contributed by atoms with E-state index in [-0.39, 0.29) is 24.0 Å². The van der Waals surface area contributed by atoms with Crippen LogP contribution in [-0.4, -0.2) is 50.8 Å². The molecule has 0 saturated carbocycles. The van der Waals surface area contributed by atoms with Gasteiger partial charge in [-0.05, 0) is 56.8 Å². The fourth-order valence-electron chi connectivity index (χ4n) is 3.32. The van der Waals surface area contributed by atoms with E-state index >= 15 is 0 Å². The van der Waals surface area contributed by atoms with E-state index in [9.17, 15) is 0 Å². The van der Waals surface area contributed by atoms with Crippen LogP contribution in [0.2, 0.25) is 0 Å². The van der Waals surface area contributed by atoms with Gasteiger partial charge in [-0.2, -0.15) is 0 Å². The van der Waals surface area contributed by atoms with Crippen LogP contribution < -0.4 is 10.6 Å². The SMILES string of the molecule is CCOCCCCNC(=NC)NCc1ccccc1CN1CCCCC1.I. The number of benzene rings is 1. The van der Waals surface area contributed by atoms with Crippen LogP contribution in [0.15, 0.2) is 29.3 Å². The second-order valence-electron chi connectivity index (χ2n) is 6.86. The van der Waals surface area contributed by atoms with Gasteiger partial charge in [0.25, 0.3) is 0 Å². The first-order valence-electron chi connectivity index (χ1n) is 10.1. The molecule has 2 rings (SSSR count). The third-order valence-electron chi connectivity index (χ3n) is 4.84. The summed E-state index contributed by atoms with van der Waals surface area (Å²) in [5.41, 5.74) is 2.78. The lowest BCUT2D eigenvalue weighted by atomic mass is 10.0. The van der Waals surface area contributed by atoms with Crippen LogP contribution in [-0.2, 0) is 17.8 Å². The Balaban J connectivity index is 0.00000364. The van der Waals surface area contributed by atoms with Gasteiger partial charge in [0.2, 0.25) is 0 Å². The van der Waals surface area contributed by atoms with Crippen molar-refractivity contribution in [1.29, 1.82) is 0 Å². The maximum Gasteiger partial charge on any atom is 0.191 e. The Kier molecular flexibility index (Phi) is 13.5. The van der Waals surface area contributed by atoms with Gasteiger partial charge in [0.05, 0.1) is 0 Å². The number of hydrogen-bond acceptors (Lipinski definition) is 3. The number of likely N-dealkylation sites (tertiary alicyclic amines) is 1. The largest absolute Gasteiger partial charge is 0.382 e. The molecule has 1 aromatic carbocycles. The number of ether oxygens (including phenoxy) is 1. The molecule has 0 atom stereocenters. The fraction of sp³-hybridized carbons (Fsp3) is 0.667. The number of guanidine groups is 1. The van der Waals surface area contributed by atoms with Gasteiger partial charge in [-0.15, -0.1) is 24.0 Å². The van der Waals surface area contributed by atoms with Gasteiger partial charge in [-0.25, -0.2) is 0 Å². The van der Waals surface area contributed by atoms with Crippen molar-refractivity contribution < 1.29 is 4.74 Å². The number of nitrogens with zero attached hydrogens (tertiary/aromatic N) is 2. The molecule has 0 spiro atoms. The summed E-state index contributed by atoms with van der Waals surface area (Å²) in [6.07, 6.45) is 6.22. The monoisotopic (exact) mass is 488 g/mol. The van der Waals surface area contributed by atoms with Crippen LogP contribution >= 0.6 is 24.0 Å². The van der Waals surface area contributed by atoms with E-state index in [1.807, 2.05) is 14.0 Å². The second kappa shape index (κ2) is 15.1. The van der Waals surface area contributed by atoms with Gasteiger partial charge in [-0.1, -0.05) is 30.7 Å². The van der Waals surface area contributed by atoms with E-state index in [0.717, 1.165) is 51.6 Å². The van der Waals surface area contributed by atoms with E-state index in [2.05, 4.69) is 44.8 Å². The molecule has 1 aliphatic heterocycles. The molecule has 0 unspecified atom stereocenters. The quantitative estimate of drug-likeness (QED) is 0.228. The summed E-state index contributed by atoms with van der Waals surface area (Å²) >= 11 is 0. The van der Waals surface area contributed by atoms with Crippen molar-refractivity contribution in [3.8, 4) is 0 Å². The van der Waals surface area contributed by atoms with Crippen molar-refractivity contribution in [2.24, 2.45) is 4.99 Å². The Labute approximate surface area is 182 Å². The Morgan fingerprint density at radius 3 is 2.52 bits per heavy atom. The van der Waals surface area contributed by atoms with Crippen molar-refractivity contribution in [3.63, 3.8) is 0 Å². The van der Waals surface area contributed by atoms with E-state index in [4.69, 9.17) is 4.74 Å². The topological polar surface area (TPSA) is 48.9 Å². The second-order valence-corrected chi connectivity index (χ2v) is 6.86. The Morgan fingerprint density at radius 2 is 1.81 bits per heavy atom. The molecule has 1 saturated heterocycles. The highest BCUT2D eigenvalue weighted by Gasteiger charge is 2.12. The lowest BCUT2D eigenvalue weighted by Gasteiger charge is -2.27. The summed E-state index contributed by atoms with van der Waals surface area (Å²) in [7, 11) is 1.83. The molecule has 6 heteroatoms. The molecule has 5 nitrogen and oxygen atoms in total. The molecule has 154 valence electrons. The van der Waals surface area contributed by atoms with Crippen LogP contribution in [0.3, 0.4) is 0 Å². The molecule has 1 aromatic rings. The highest BCUT2D eigenvalue weighted by Crippen LogP contribution is 2.16. The maximum atomic E-state index is 5.37. The lowest BCUT2D eigenvalue weighted by molar-refractivity contribution is 0.143. The third kappa shape index (κ3) is 9.76. The third-order valence-corrected chi connectivity index (χ3v) is 4.84. The average molecular weight is 488 g/mol. The van der Waals surface area contributed by atoms with Crippen molar-refractivity contribution in [2.45, 2.75) is 52.1 Å². The highest BCUT2D eigenvalue weighted by atomic mass is 127. The fourth-order valence-corrected chi connectivity index (χ4v) is 3.32. The first kappa shape index (κ1) is 24.2. The number of aliphatic imine (C=N–C) groups is 1. The van der Waals surface area contributed by atoms with Gasteiger partial charge >= 0.3 is 0 Å². The number of hydrogen-bond donors (Lipinski definition) is 2. The number of unbranched alkanes of at least 4 members (excludes halogenated alkanes) is 1. The first-order valence-corrected chi connectivity index (χ1v) is 10.1. The molecule has 27 heavy (non-hydrogen) atoms. The minimum Gasteiger partial charge on any atom is -0.382 e. The number of nitrogens with one attached hydrogen (secondary N) is 2. The minimum absolute atomic E-state index is 0. The van der Waals surface area contributed by atoms with E-state index in [0.29, 0.717) is 0 Å². The van der Waals surface area contributed by atoms with Crippen LogP contribution in [0.25, 0.3) is 0 Å². The summed E-state index contributed by atoms with van der Waals surface area (Å²) in [5, 5.41) is 6.84. The molecule has 0 aliphatic carbocycles. The van der Waals surface area contributed by atoms with Gasteiger partial charge in [0.1, 0.15) is 0 Å². The summed E-state index contributed by atoms with van der Waals surface area (Å²) in [6.45, 7) is 8.92. The molecule has 0 aromatic heterocycles. The average Bonchev–Trinajstić information content (AvgIpc) is 2.69. The normalized spacial score (nSPS) is 15.3. The van der Waals surface area contributed by atoms with Crippen molar-refractivity contribution in [2.75, 3.05) is 39.9 Å². The number of halogens is 1. The van der Waals surface area contributed by atoms with Gasteiger partial charge in [0.15, 0.2) is 5.96 Å². The number of rotatable bonds is 10. The van der Waals surface area contributed by atoms with Crippen LogP contribution in [0.1, 0.15) is 50.2 Å². The predicted octanol–water partition coefficient (Wildman–Crippen LogP) is 3.77. The Morgan fingerprint density at radius 1 is 1.07 bits per heavy atom. The molecule has 1 heterocycles. The number of piperidine rings is 1. The summed E-state index contributed by atoms with van der Waals surface area (Å²) in [4.78, 5) is 6.91. The Bertz CT molecular complexity index is 533. The van der Waals surface area contributed by atoms with E-state index < -0.39 is 0 Å². The van der Waals surface area contributed by atoms with Crippen molar-refractivity contribution in [1.82, 2.24) is 15.5 Å². The standard InChI is InChI=1S/C21H36N4O.HI/c1-3-26-16-10-7-13-23-21(22-2)24-17-19-11-5-6-12-20(19)18-25-14-8-4-9-15-25;/h5-6,11-12H,3-4,7-10,13-18H2,1-2H3,(H2,22,23,24);1H. The molecular formula is C21H37IN4O. The molecule has 1 fully saturated rings. The van der Waals surface area contributed by atoms with Gasteiger partial charge in [-0.3, -0.25) is 9.89 Å². The molecule has 1 aliphatic rings. The molecule has 0 amide bonds. The molecular weight excluding hydrogens is 451 g/mol. The molecule has 2 N–H and O–H groups in total. The summed E-state index contributed by atoms with van der Waals surface area (Å²) in [6, 6.07) is 8.76. The minimum atomic E-state index is 0. The van der Waals surface area contributed by atoms with Crippen LogP contribution in [0, 0.1) is 0 Å². The van der Waals surface area contributed by atoms with E-state index in [1.54, 1.807) is 0 Å². The van der Waals surface area contributed by atoms with Crippen molar-refractivity contribution in [3.05, 3.63) is 35.4 Å². The first-order chi connectivity index (χ1) is 12.8. The summed E-state index contributed by atoms with van der Waals surface area (Å²) in [5.74, 6) is 0.870. The zero-order valence-corrected chi connectivity index (χ0v) is 19.3. The molecule has 0 bridgehead atoms. The summed E-state index contributed by atoms with van der Waals surface area (Å²) < 4.78 is 5.37. The zero-order chi connectivity index (χ0) is 18.5. The molecule has 0 radical (unpaired) electrons. The van der Waals surface area contributed by atoms with Crippen molar-refractivity contribution >= 4 is 29.9 Å². The smallest absolute Gasteiger partial charge is 0.191 e. The maximum absolute atomic E-state index is 5.37. The van der Waals surface area contributed by atoms with Crippen LogP contribution in [0.4, 0.5) is 0 Å². The van der Waals surface area contributed by atoms with Crippen LogP contribution in [0.5, 0.6) is 0 Å². The Hall–Kier alpha value is -0.860.